The summed E-state index contributed by atoms with van der Waals surface area (Å²) in [5.74, 6) is 1.97. The molecule has 0 aromatic rings. The molecule has 2 fully saturated rings. The Labute approximate surface area is 86.0 Å². The van der Waals surface area contributed by atoms with Crippen molar-refractivity contribution in [3.05, 3.63) is 0 Å². The Kier molecular flexibility index (Phi) is 2.54. The number of hydrogen-bond donors (Lipinski definition) is 0. The second-order valence-electron chi connectivity index (χ2n) is 4.99. The molecule has 2 aliphatic rings. The van der Waals surface area contributed by atoms with Crippen LogP contribution in [0.5, 0.6) is 0 Å². The fourth-order valence-electron chi connectivity index (χ4n) is 3.30. The maximum absolute atomic E-state index is 11.8. The van der Waals surface area contributed by atoms with Crippen LogP contribution < -0.4 is 0 Å². The molecule has 1 heterocycles. The maximum Gasteiger partial charge on any atom is 0.309 e. The lowest BCUT2D eigenvalue weighted by atomic mass is 9.77. The number of carbonyl (C=O) groups excluding carboxylic acids is 1. The third-order valence-electron chi connectivity index (χ3n) is 4.23. The monoisotopic (exact) mass is 196 g/mol. The summed E-state index contributed by atoms with van der Waals surface area (Å²) in [7, 11) is 0. The molecule has 2 nitrogen and oxygen atoms in total. The lowest BCUT2D eigenvalue weighted by Crippen LogP contribution is -2.43. The third kappa shape index (κ3) is 1.35. The van der Waals surface area contributed by atoms with Crippen LogP contribution in [0.3, 0.4) is 0 Å². The molecule has 0 amide bonds. The van der Waals surface area contributed by atoms with Gasteiger partial charge >= 0.3 is 5.97 Å². The van der Waals surface area contributed by atoms with Gasteiger partial charge in [0.25, 0.3) is 0 Å². The van der Waals surface area contributed by atoms with Crippen LogP contribution in [0.1, 0.15) is 40.0 Å². The first-order valence-electron chi connectivity index (χ1n) is 5.85. The zero-order chi connectivity index (χ0) is 10.3. The predicted octanol–water partition coefficient (Wildman–Crippen LogP) is 2.62. The van der Waals surface area contributed by atoms with Crippen molar-refractivity contribution in [3.8, 4) is 0 Å². The Morgan fingerprint density at radius 1 is 1.36 bits per heavy atom. The highest BCUT2D eigenvalue weighted by Gasteiger charge is 2.48. The molecule has 0 aromatic heterocycles. The molecular weight excluding hydrogens is 176 g/mol. The summed E-state index contributed by atoms with van der Waals surface area (Å²) in [5, 5.41) is 0. The van der Waals surface area contributed by atoms with Crippen molar-refractivity contribution in [2.75, 3.05) is 0 Å². The number of ether oxygens (including phenoxy) is 1. The second-order valence-corrected chi connectivity index (χ2v) is 4.99. The first kappa shape index (κ1) is 10.0. The summed E-state index contributed by atoms with van der Waals surface area (Å²) in [6.07, 6.45) is 3.56. The summed E-state index contributed by atoms with van der Waals surface area (Å²) in [5.41, 5.74) is 0. The van der Waals surface area contributed by atoms with Gasteiger partial charge in [-0.1, -0.05) is 20.8 Å². The lowest BCUT2D eigenvalue weighted by molar-refractivity contribution is -0.171. The zero-order valence-corrected chi connectivity index (χ0v) is 9.32. The minimum Gasteiger partial charge on any atom is -0.462 e. The van der Waals surface area contributed by atoms with Gasteiger partial charge in [0.15, 0.2) is 0 Å². The summed E-state index contributed by atoms with van der Waals surface area (Å²) < 4.78 is 5.49. The molecule has 5 atom stereocenters. The molecule has 1 aliphatic carbocycles. The Bertz CT molecular complexity index is 236. The minimum atomic E-state index is 0.0740. The van der Waals surface area contributed by atoms with Gasteiger partial charge in [-0.05, 0) is 37.0 Å². The fraction of sp³-hybridized carbons (Fsp3) is 0.917. The summed E-state index contributed by atoms with van der Waals surface area (Å²) in [6, 6.07) is 0. The van der Waals surface area contributed by atoms with E-state index in [1.165, 1.54) is 12.8 Å². The van der Waals surface area contributed by atoms with E-state index in [0.29, 0.717) is 17.8 Å². The van der Waals surface area contributed by atoms with E-state index in [1.807, 2.05) is 0 Å². The van der Waals surface area contributed by atoms with Gasteiger partial charge in [0.1, 0.15) is 6.10 Å². The van der Waals surface area contributed by atoms with Crippen molar-refractivity contribution in [2.45, 2.75) is 46.1 Å². The van der Waals surface area contributed by atoms with Gasteiger partial charge in [-0.2, -0.15) is 0 Å². The van der Waals surface area contributed by atoms with Crippen LogP contribution in [0.2, 0.25) is 0 Å². The number of cyclic esters (lactones) is 1. The van der Waals surface area contributed by atoms with Crippen molar-refractivity contribution in [1.29, 1.82) is 0 Å². The molecule has 0 bridgehead atoms. The highest BCUT2D eigenvalue weighted by molar-refractivity contribution is 5.74. The molecule has 1 unspecified atom stereocenters. The van der Waals surface area contributed by atoms with Crippen LogP contribution in [-0.2, 0) is 9.53 Å². The quantitative estimate of drug-likeness (QED) is 0.603. The topological polar surface area (TPSA) is 26.3 Å². The molecule has 0 N–H and O–H groups in total. The molecular formula is C12H20O2. The molecule has 1 aliphatic heterocycles. The third-order valence-corrected chi connectivity index (χ3v) is 4.23. The fourth-order valence-corrected chi connectivity index (χ4v) is 3.30. The van der Waals surface area contributed by atoms with E-state index in [4.69, 9.17) is 4.74 Å². The number of rotatable bonds is 1. The second kappa shape index (κ2) is 3.56. The number of carbonyl (C=O) groups is 1. The van der Waals surface area contributed by atoms with Gasteiger partial charge < -0.3 is 4.74 Å². The Balaban J connectivity index is 2.18. The van der Waals surface area contributed by atoms with Gasteiger partial charge in [0.05, 0.1) is 5.92 Å². The standard InChI is InChI=1S/C12H20O2/c1-4-10-8(3)9-6-5-7(2)11(9)12(13)14-10/h7-11H,4-6H2,1-3H3/t7-,8+,9+,10?,11+/m0/s1. The van der Waals surface area contributed by atoms with Crippen molar-refractivity contribution >= 4 is 5.97 Å². The van der Waals surface area contributed by atoms with Gasteiger partial charge in [-0.25, -0.2) is 0 Å². The van der Waals surface area contributed by atoms with Gasteiger partial charge in [-0.15, -0.1) is 0 Å². The smallest absolute Gasteiger partial charge is 0.309 e. The normalized spacial score (nSPS) is 47.4. The van der Waals surface area contributed by atoms with Crippen LogP contribution >= 0.6 is 0 Å². The van der Waals surface area contributed by atoms with Gasteiger partial charge in [0, 0.05) is 0 Å². The van der Waals surface area contributed by atoms with Crippen LogP contribution in [0.4, 0.5) is 0 Å². The first-order valence-corrected chi connectivity index (χ1v) is 5.85. The summed E-state index contributed by atoms with van der Waals surface area (Å²) >= 11 is 0. The molecule has 0 spiro atoms. The summed E-state index contributed by atoms with van der Waals surface area (Å²) in [6.45, 7) is 6.54. The van der Waals surface area contributed by atoms with Gasteiger partial charge in [-0.3, -0.25) is 4.79 Å². The number of fused-ring (bicyclic) bond motifs is 1. The molecule has 2 rings (SSSR count). The van der Waals surface area contributed by atoms with Crippen LogP contribution in [-0.4, -0.2) is 12.1 Å². The van der Waals surface area contributed by atoms with Crippen LogP contribution in [0, 0.1) is 23.7 Å². The molecule has 1 saturated heterocycles. The number of hydrogen-bond acceptors (Lipinski definition) is 2. The Morgan fingerprint density at radius 2 is 2.07 bits per heavy atom. The molecule has 2 heteroatoms. The molecule has 80 valence electrons. The molecule has 14 heavy (non-hydrogen) atoms. The average Bonchev–Trinajstić information content (AvgIpc) is 2.54. The highest BCUT2D eigenvalue weighted by Crippen LogP contribution is 2.46. The van der Waals surface area contributed by atoms with Gasteiger partial charge in [0.2, 0.25) is 0 Å². The van der Waals surface area contributed by atoms with E-state index < -0.39 is 0 Å². The van der Waals surface area contributed by atoms with E-state index in [9.17, 15) is 4.79 Å². The number of esters is 1. The minimum absolute atomic E-state index is 0.0740. The average molecular weight is 196 g/mol. The largest absolute Gasteiger partial charge is 0.462 e. The zero-order valence-electron chi connectivity index (χ0n) is 9.32. The first-order chi connectivity index (χ1) is 6.65. The van der Waals surface area contributed by atoms with E-state index in [0.717, 1.165) is 6.42 Å². The van der Waals surface area contributed by atoms with Crippen LogP contribution in [0.25, 0.3) is 0 Å². The predicted molar refractivity (Wildman–Crippen MR) is 54.7 cm³/mol. The van der Waals surface area contributed by atoms with E-state index in [2.05, 4.69) is 20.8 Å². The van der Waals surface area contributed by atoms with Crippen molar-refractivity contribution in [1.82, 2.24) is 0 Å². The molecule has 0 aromatic carbocycles. The van der Waals surface area contributed by atoms with Crippen molar-refractivity contribution in [2.24, 2.45) is 23.7 Å². The summed E-state index contributed by atoms with van der Waals surface area (Å²) in [4.78, 5) is 11.8. The van der Waals surface area contributed by atoms with Crippen molar-refractivity contribution < 1.29 is 9.53 Å². The van der Waals surface area contributed by atoms with E-state index in [1.54, 1.807) is 0 Å². The van der Waals surface area contributed by atoms with E-state index >= 15 is 0 Å². The van der Waals surface area contributed by atoms with E-state index in [-0.39, 0.29) is 18.0 Å². The molecule has 1 saturated carbocycles. The lowest BCUT2D eigenvalue weighted by Gasteiger charge is -2.37. The SMILES string of the molecule is CCC1OC(=O)[C@H]2[C@H](CC[C@@H]2C)[C@H]1C. The maximum atomic E-state index is 11.8. The Morgan fingerprint density at radius 3 is 2.71 bits per heavy atom. The van der Waals surface area contributed by atoms with Crippen LogP contribution in [0.15, 0.2) is 0 Å². The van der Waals surface area contributed by atoms with Crippen molar-refractivity contribution in [3.63, 3.8) is 0 Å². The Hall–Kier alpha value is -0.530. The highest BCUT2D eigenvalue weighted by atomic mass is 16.5. The molecule has 0 radical (unpaired) electrons.